The van der Waals surface area contributed by atoms with Gasteiger partial charge < -0.3 is 4.55 Å². The first-order valence-corrected chi connectivity index (χ1v) is 4.21. The van der Waals surface area contributed by atoms with Crippen molar-refractivity contribution in [3.8, 4) is 0 Å². The summed E-state index contributed by atoms with van der Waals surface area (Å²) in [5.41, 5.74) is 0.137. The average molecular weight is 203 g/mol. The fraction of sp³-hybridized carbons (Fsp3) is 0. The van der Waals surface area contributed by atoms with Crippen molar-refractivity contribution in [1.82, 2.24) is 0 Å². The Labute approximate surface area is 76.9 Å². The van der Waals surface area contributed by atoms with Gasteiger partial charge in [0.25, 0.3) is 5.69 Å². The molecule has 1 unspecified atom stereocenters. The van der Waals surface area contributed by atoms with Gasteiger partial charge in [0.15, 0.2) is 0 Å². The minimum absolute atomic E-state index is 0.137. The lowest BCUT2D eigenvalue weighted by Gasteiger charge is -1.85. The van der Waals surface area contributed by atoms with Crippen molar-refractivity contribution in [3.63, 3.8) is 0 Å². The number of hydrogen-bond donors (Lipinski definition) is 1. The van der Waals surface area contributed by atoms with Crippen LogP contribution in [-0.2, 0) is 11.3 Å². The van der Waals surface area contributed by atoms with Crippen LogP contribution in [-0.4, -0.2) is 13.7 Å². The predicted octanol–water partition coefficient (Wildman–Crippen LogP) is 0.334. The molecule has 0 aliphatic heterocycles. The van der Waals surface area contributed by atoms with E-state index in [1.165, 1.54) is 12.1 Å². The van der Waals surface area contributed by atoms with Crippen LogP contribution < -0.4 is 5.14 Å². The van der Waals surface area contributed by atoms with Crippen LogP contribution in [0.4, 0.5) is 5.69 Å². The Hall–Kier alpha value is -1.31. The number of nitro groups is 1. The molecule has 0 fully saturated rings. The maximum absolute atomic E-state index is 10.0. The highest BCUT2D eigenvalue weighted by Crippen LogP contribution is 2.06. The molecule has 0 bridgehead atoms. The van der Waals surface area contributed by atoms with Crippen LogP contribution in [0.25, 0.3) is 0 Å². The topological polar surface area (TPSA) is 109 Å². The van der Waals surface area contributed by atoms with Crippen molar-refractivity contribution >= 4 is 17.0 Å². The maximum atomic E-state index is 10.0. The normalized spacial score (nSPS) is 10.9. The highest BCUT2D eigenvalue weighted by atomic mass is 32.2. The Bertz CT molecular complexity index is 286. The molecule has 0 aromatic heterocycles. The molecule has 13 heavy (non-hydrogen) atoms. The molecule has 0 saturated heterocycles. The number of benzene rings is 1. The molecule has 0 aliphatic carbocycles. The number of hydrogen-bond acceptors (Lipinski definition) is 4. The van der Waals surface area contributed by atoms with Gasteiger partial charge in [-0.15, -0.1) is 0 Å². The fourth-order valence-electron chi connectivity index (χ4n) is 0.550. The molecule has 0 radical (unpaired) electrons. The van der Waals surface area contributed by atoms with Crippen LogP contribution in [0.3, 0.4) is 0 Å². The first-order valence-electron chi connectivity index (χ1n) is 3.07. The lowest BCUT2D eigenvalue weighted by Crippen LogP contribution is -1.97. The summed E-state index contributed by atoms with van der Waals surface area (Å²) in [5, 5.41) is 14.0. The fourth-order valence-corrected chi connectivity index (χ4v) is 0.550. The molecular formula is C6H7N2O4S-. The third kappa shape index (κ3) is 7.06. The largest absolute Gasteiger partial charge is 0.760 e. The Morgan fingerprint density at radius 3 is 1.92 bits per heavy atom. The first kappa shape index (κ1) is 11.7. The van der Waals surface area contributed by atoms with Gasteiger partial charge >= 0.3 is 0 Å². The highest BCUT2D eigenvalue weighted by molar-refractivity contribution is 7.76. The second kappa shape index (κ2) is 6.23. The van der Waals surface area contributed by atoms with Gasteiger partial charge in [-0.25, -0.2) is 0 Å². The van der Waals surface area contributed by atoms with Crippen LogP contribution in [0.5, 0.6) is 0 Å². The van der Waals surface area contributed by atoms with Crippen LogP contribution >= 0.6 is 0 Å². The lowest BCUT2D eigenvalue weighted by atomic mass is 10.3. The van der Waals surface area contributed by atoms with E-state index >= 15 is 0 Å². The summed E-state index contributed by atoms with van der Waals surface area (Å²) in [6, 6.07) is 7.93. The zero-order valence-corrected chi connectivity index (χ0v) is 7.27. The van der Waals surface area contributed by atoms with Crippen LogP contribution in [0.15, 0.2) is 30.3 Å². The molecule has 1 aromatic rings. The Kier molecular flexibility index (Phi) is 5.60. The van der Waals surface area contributed by atoms with Crippen LogP contribution in [0.2, 0.25) is 0 Å². The van der Waals surface area contributed by atoms with E-state index in [-0.39, 0.29) is 5.69 Å². The van der Waals surface area contributed by atoms with Crippen LogP contribution in [0, 0.1) is 10.1 Å². The van der Waals surface area contributed by atoms with Gasteiger partial charge in [0.05, 0.1) is 4.92 Å². The van der Waals surface area contributed by atoms with E-state index in [0.29, 0.717) is 0 Å². The summed E-state index contributed by atoms with van der Waals surface area (Å²) in [4.78, 5) is 9.59. The van der Waals surface area contributed by atoms with Crippen molar-refractivity contribution in [2.45, 2.75) is 0 Å². The zero-order valence-electron chi connectivity index (χ0n) is 6.45. The molecule has 0 aliphatic rings. The lowest BCUT2D eigenvalue weighted by molar-refractivity contribution is -0.384. The van der Waals surface area contributed by atoms with E-state index in [9.17, 15) is 10.1 Å². The summed E-state index contributed by atoms with van der Waals surface area (Å²) in [5.74, 6) is 0. The monoisotopic (exact) mass is 203 g/mol. The Morgan fingerprint density at radius 1 is 1.31 bits per heavy atom. The summed E-state index contributed by atoms with van der Waals surface area (Å²) in [7, 11) is 0. The SMILES string of the molecule is NS(=O)[O-].O=[N+]([O-])c1ccccc1. The van der Waals surface area contributed by atoms with E-state index in [0.717, 1.165) is 0 Å². The molecule has 0 saturated carbocycles. The number of nitrogens with zero attached hydrogens (tertiary/aromatic N) is 1. The molecule has 0 amide bonds. The van der Waals surface area contributed by atoms with E-state index in [2.05, 4.69) is 5.14 Å². The minimum Gasteiger partial charge on any atom is -0.760 e. The molecular weight excluding hydrogens is 196 g/mol. The summed E-state index contributed by atoms with van der Waals surface area (Å²) in [6.45, 7) is 0. The van der Waals surface area contributed by atoms with Gasteiger partial charge in [-0.05, 0) is 0 Å². The maximum Gasteiger partial charge on any atom is 0.269 e. The molecule has 0 spiro atoms. The van der Waals surface area contributed by atoms with Crippen molar-refractivity contribution in [2.24, 2.45) is 5.14 Å². The third-order valence-corrected chi connectivity index (χ3v) is 0.967. The van der Waals surface area contributed by atoms with Crippen molar-refractivity contribution in [3.05, 3.63) is 40.4 Å². The van der Waals surface area contributed by atoms with E-state index in [1.807, 2.05) is 0 Å². The van der Waals surface area contributed by atoms with Gasteiger partial charge in [-0.2, -0.15) is 0 Å². The van der Waals surface area contributed by atoms with E-state index in [1.54, 1.807) is 18.2 Å². The average Bonchev–Trinajstić information content (AvgIpc) is 2.05. The van der Waals surface area contributed by atoms with Crippen molar-refractivity contribution < 1.29 is 13.7 Å². The number of non-ortho nitro benzene ring substituents is 1. The van der Waals surface area contributed by atoms with Gasteiger partial charge in [0.1, 0.15) is 0 Å². The number of nitrogens with two attached hydrogens (primary N) is 1. The molecule has 1 aromatic carbocycles. The zero-order chi connectivity index (χ0) is 10.3. The molecule has 6 nitrogen and oxygen atoms in total. The molecule has 1 rings (SSSR count). The Morgan fingerprint density at radius 2 is 1.69 bits per heavy atom. The smallest absolute Gasteiger partial charge is 0.269 e. The van der Waals surface area contributed by atoms with Gasteiger partial charge in [-0.1, -0.05) is 18.2 Å². The number of para-hydroxylation sites is 1. The van der Waals surface area contributed by atoms with Gasteiger partial charge in [0, 0.05) is 23.4 Å². The van der Waals surface area contributed by atoms with E-state index in [4.69, 9.17) is 8.76 Å². The molecule has 0 heterocycles. The minimum atomic E-state index is -2.36. The standard InChI is InChI=1S/C6H5NO2.H3NO2S/c8-7(9)6-4-2-1-3-5-6;1-4(2)3/h1-5H;1H2,(H,2,3)/p-1. The summed E-state index contributed by atoms with van der Waals surface area (Å²) in [6.07, 6.45) is 0. The van der Waals surface area contributed by atoms with Crippen LogP contribution in [0.1, 0.15) is 0 Å². The van der Waals surface area contributed by atoms with E-state index < -0.39 is 16.2 Å². The van der Waals surface area contributed by atoms with Gasteiger partial charge in [-0.3, -0.25) is 19.5 Å². The predicted molar refractivity (Wildman–Crippen MR) is 46.2 cm³/mol. The highest BCUT2D eigenvalue weighted by Gasteiger charge is 1.98. The summed E-state index contributed by atoms with van der Waals surface area (Å²) < 4.78 is 17.6. The first-order chi connectivity index (χ1) is 6.04. The second-order valence-corrected chi connectivity index (χ2v) is 2.37. The molecule has 7 heteroatoms. The number of nitro benzene ring substituents is 1. The number of rotatable bonds is 1. The molecule has 2 N–H and O–H groups in total. The molecule has 1 atom stereocenters. The van der Waals surface area contributed by atoms with Gasteiger partial charge in [0.2, 0.25) is 0 Å². The molecule has 72 valence electrons. The third-order valence-electron chi connectivity index (χ3n) is 0.967. The second-order valence-electron chi connectivity index (χ2n) is 1.85. The van der Waals surface area contributed by atoms with Crippen molar-refractivity contribution in [2.75, 3.05) is 0 Å². The quantitative estimate of drug-likeness (QED) is 0.403. The summed E-state index contributed by atoms with van der Waals surface area (Å²) >= 11 is -2.36. The Balaban J connectivity index is 0.000000310. The van der Waals surface area contributed by atoms with Crippen molar-refractivity contribution in [1.29, 1.82) is 0 Å².